The minimum absolute atomic E-state index is 1.00. The van der Waals surface area contributed by atoms with Crippen molar-refractivity contribution in [2.45, 2.75) is 6.92 Å². The zero-order chi connectivity index (χ0) is 13.1. The Labute approximate surface area is 130 Å². The van der Waals surface area contributed by atoms with Crippen LogP contribution in [0.4, 0.5) is 5.69 Å². The number of thioether (sulfide) groups is 4. The average Bonchev–Trinajstić information content (AvgIpc) is 3.09. The number of aryl methyl sites for hydroxylation is 1. The molecule has 0 spiro atoms. The first-order valence-electron chi connectivity index (χ1n) is 5.69. The molecule has 2 aliphatic rings. The maximum Gasteiger partial charge on any atom is 0.0700 e. The Morgan fingerprint density at radius 1 is 0.947 bits per heavy atom. The highest BCUT2D eigenvalue weighted by Gasteiger charge is 2.17. The van der Waals surface area contributed by atoms with Crippen molar-refractivity contribution in [3.63, 3.8) is 0 Å². The van der Waals surface area contributed by atoms with Crippen LogP contribution in [0.5, 0.6) is 0 Å². The first-order chi connectivity index (χ1) is 9.31. The van der Waals surface area contributed by atoms with Gasteiger partial charge in [-0.3, -0.25) is 4.99 Å². The van der Waals surface area contributed by atoms with E-state index in [1.54, 1.807) is 47.0 Å². The second-order valence-electron chi connectivity index (χ2n) is 3.92. The van der Waals surface area contributed by atoms with E-state index in [9.17, 15) is 0 Å². The van der Waals surface area contributed by atoms with Gasteiger partial charge in [0, 0.05) is 11.1 Å². The molecular weight excluding hydrogens is 310 g/mol. The van der Waals surface area contributed by atoms with Gasteiger partial charge >= 0.3 is 0 Å². The molecule has 0 amide bonds. The molecule has 0 bridgehead atoms. The molecule has 2 aliphatic heterocycles. The molecule has 0 saturated carbocycles. The number of rotatable bonds is 2. The maximum atomic E-state index is 4.51. The van der Waals surface area contributed by atoms with Crippen molar-refractivity contribution >= 4 is 58.9 Å². The van der Waals surface area contributed by atoms with Gasteiger partial charge in [0.05, 0.1) is 14.2 Å². The van der Waals surface area contributed by atoms with Gasteiger partial charge < -0.3 is 0 Å². The van der Waals surface area contributed by atoms with Gasteiger partial charge in [-0.2, -0.15) is 0 Å². The molecule has 19 heavy (non-hydrogen) atoms. The quantitative estimate of drug-likeness (QED) is 0.610. The molecule has 0 unspecified atom stereocenters. The van der Waals surface area contributed by atoms with Crippen molar-refractivity contribution in [3.05, 3.63) is 59.4 Å². The Morgan fingerprint density at radius 3 is 2.42 bits per heavy atom. The van der Waals surface area contributed by atoms with E-state index in [4.69, 9.17) is 0 Å². The van der Waals surface area contributed by atoms with E-state index >= 15 is 0 Å². The summed E-state index contributed by atoms with van der Waals surface area (Å²) in [6.07, 6.45) is 1.95. The molecular formula is C14H11NS4. The van der Waals surface area contributed by atoms with Crippen molar-refractivity contribution in [2.75, 3.05) is 0 Å². The Morgan fingerprint density at radius 2 is 1.68 bits per heavy atom. The maximum absolute atomic E-state index is 4.51. The molecule has 0 radical (unpaired) electrons. The van der Waals surface area contributed by atoms with Crippen LogP contribution in [-0.2, 0) is 0 Å². The summed E-state index contributed by atoms with van der Waals surface area (Å²) in [6, 6.07) is 8.27. The third-order valence-corrected chi connectivity index (χ3v) is 7.41. The van der Waals surface area contributed by atoms with Gasteiger partial charge in [0.1, 0.15) is 0 Å². The van der Waals surface area contributed by atoms with E-state index in [1.165, 1.54) is 18.9 Å². The Hall–Kier alpha value is -0.490. The molecule has 0 aromatic heterocycles. The fourth-order valence-corrected chi connectivity index (χ4v) is 5.79. The van der Waals surface area contributed by atoms with E-state index in [0.29, 0.717) is 0 Å². The van der Waals surface area contributed by atoms with Crippen LogP contribution in [0.3, 0.4) is 0 Å². The van der Waals surface area contributed by atoms with Gasteiger partial charge in [-0.05, 0) is 35.3 Å². The zero-order valence-electron chi connectivity index (χ0n) is 10.2. The van der Waals surface area contributed by atoms with Crippen molar-refractivity contribution in [3.8, 4) is 0 Å². The lowest BCUT2D eigenvalue weighted by molar-refractivity contribution is 1.44. The van der Waals surface area contributed by atoms with Gasteiger partial charge in [-0.15, -0.1) is 0 Å². The van der Waals surface area contributed by atoms with Crippen LogP contribution in [0.25, 0.3) is 0 Å². The molecule has 1 aromatic rings. The largest absolute Gasteiger partial charge is 0.256 e. The molecule has 0 aliphatic carbocycles. The summed E-state index contributed by atoms with van der Waals surface area (Å²) >= 11 is 7.20. The molecule has 0 saturated heterocycles. The molecule has 0 N–H and O–H groups in total. The number of nitrogens with zero attached hydrogens (tertiary/aromatic N) is 1. The molecule has 0 fully saturated rings. The summed E-state index contributed by atoms with van der Waals surface area (Å²) in [6.45, 7) is 2.09. The van der Waals surface area contributed by atoms with E-state index < -0.39 is 0 Å². The number of hydrogen-bond donors (Lipinski definition) is 0. The Balaban J connectivity index is 1.65. The highest BCUT2D eigenvalue weighted by molar-refractivity contribution is 8.33. The third-order valence-electron chi connectivity index (χ3n) is 2.44. The Bertz CT molecular complexity index is 586. The smallest absolute Gasteiger partial charge is 0.0700 e. The predicted molar refractivity (Wildman–Crippen MR) is 93.9 cm³/mol. The van der Waals surface area contributed by atoms with Crippen molar-refractivity contribution in [1.29, 1.82) is 0 Å². The molecule has 1 nitrogen and oxygen atoms in total. The number of benzene rings is 1. The van der Waals surface area contributed by atoms with Crippen LogP contribution >= 0.6 is 47.0 Å². The topological polar surface area (TPSA) is 12.4 Å². The minimum atomic E-state index is 1.00. The Kier molecular flexibility index (Phi) is 4.48. The first kappa shape index (κ1) is 13.5. The van der Waals surface area contributed by atoms with Crippen LogP contribution in [0, 0.1) is 6.92 Å². The van der Waals surface area contributed by atoms with Crippen LogP contribution in [-0.4, -0.2) is 6.21 Å². The molecule has 5 heteroatoms. The van der Waals surface area contributed by atoms with Crippen LogP contribution in [0.15, 0.2) is 58.9 Å². The summed E-state index contributed by atoms with van der Waals surface area (Å²) in [4.78, 5) is 5.72. The number of aliphatic imine (C=N–C) groups is 1. The lowest BCUT2D eigenvalue weighted by Gasteiger charge is -1.99. The van der Waals surface area contributed by atoms with Crippen LogP contribution in [0.2, 0.25) is 0 Å². The third kappa shape index (κ3) is 3.54. The summed E-state index contributed by atoms with van der Waals surface area (Å²) in [5.74, 6) is 0. The summed E-state index contributed by atoms with van der Waals surface area (Å²) < 4.78 is 2.75. The van der Waals surface area contributed by atoms with Crippen LogP contribution < -0.4 is 0 Å². The second-order valence-corrected chi connectivity index (χ2v) is 8.23. The first-order valence-corrected chi connectivity index (χ1v) is 9.15. The standard InChI is InChI=1S/C14H11NS4/c1-10-2-4-11(5-3-10)15-8-12-9-18-14(19-12)13-16-6-7-17-13/h2-9H,1H3. The minimum Gasteiger partial charge on any atom is -0.256 e. The second kappa shape index (κ2) is 6.31. The summed E-state index contributed by atoms with van der Waals surface area (Å²) in [5.41, 5.74) is 2.27. The van der Waals surface area contributed by atoms with Crippen molar-refractivity contribution < 1.29 is 0 Å². The lowest BCUT2D eigenvalue weighted by Crippen LogP contribution is -1.75. The fourth-order valence-electron chi connectivity index (χ4n) is 1.49. The predicted octanol–water partition coefficient (Wildman–Crippen LogP) is 6.10. The highest BCUT2D eigenvalue weighted by Crippen LogP contribution is 2.52. The van der Waals surface area contributed by atoms with Gasteiger partial charge in [-0.25, -0.2) is 0 Å². The molecule has 3 rings (SSSR count). The highest BCUT2D eigenvalue weighted by atomic mass is 32.2. The van der Waals surface area contributed by atoms with E-state index in [0.717, 1.165) is 5.69 Å². The van der Waals surface area contributed by atoms with E-state index in [2.05, 4.69) is 40.3 Å². The van der Waals surface area contributed by atoms with Gasteiger partial charge in [-0.1, -0.05) is 64.7 Å². The molecule has 2 heterocycles. The number of hydrogen-bond acceptors (Lipinski definition) is 5. The number of allylic oxidation sites excluding steroid dienone is 1. The fraction of sp³-hybridized carbons (Fsp3) is 0.0714. The van der Waals surface area contributed by atoms with Gasteiger partial charge in [0.2, 0.25) is 0 Å². The zero-order valence-corrected chi connectivity index (χ0v) is 13.5. The summed E-state index contributed by atoms with van der Waals surface area (Å²) in [7, 11) is 0. The van der Waals surface area contributed by atoms with Crippen molar-refractivity contribution in [1.82, 2.24) is 0 Å². The normalized spacial score (nSPS) is 18.7. The van der Waals surface area contributed by atoms with Gasteiger partial charge in [0.15, 0.2) is 0 Å². The molecule has 1 aromatic carbocycles. The van der Waals surface area contributed by atoms with E-state index in [1.807, 2.05) is 18.3 Å². The molecule has 96 valence electrons. The van der Waals surface area contributed by atoms with Crippen molar-refractivity contribution in [2.24, 2.45) is 4.99 Å². The SMILES string of the molecule is Cc1ccc(N=CC2=CSC(=C3SC=CS3)S2)cc1. The monoisotopic (exact) mass is 321 g/mol. The van der Waals surface area contributed by atoms with Crippen LogP contribution in [0.1, 0.15) is 5.56 Å². The molecule has 0 atom stereocenters. The summed E-state index contributed by atoms with van der Waals surface area (Å²) in [5, 5.41) is 6.43. The van der Waals surface area contributed by atoms with E-state index in [-0.39, 0.29) is 0 Å². The lowest BCUT2D eigenvalue weighted by atomic mass is 10.2. The average molecular weight is 322 g/mol. The van der Waals surface area contributed by atoms with Gasteiger partial charge in [0.25, 0.3) is 0 Å².